The number of hydrogen-bond donors (Lipinski definition) is 1. The largest absolute Gasteiger partial charge is 0.390 e. The summed E-state index contributed by atoms with van der Waals surface area (Å²) < 4.78 is 1.81. The quantitative estimate of drug-likeness (QED) is 0.792. The average molecular weight is 327 g/mol. The zero-order valence-electron chi connectivity index (χ0n) is 13.5. The smallest absolute Gasteiger partial charge is 0.213 e. The minimum Gasteiger partial charge on any atom is -0.390 e. The second kappa shape index (κ2) is 5.73. The summed E-state index contributed by atoms with van der Waals surface area (Å²) in [6, 6.07) is 6.62. The number of aryl methyl sites for hydroxylation is 2. The Kier molecular flexibility index (Phi) is 3.70. The Morgan fingerprint density at radius 3 is 2.74 bits per heavy atom. The van der Waals surface area contributed by atoms with Crippen LogP contribution in [-0.2, 0) is 19.4 Å². The Balaban J connectivity index is 1.83. The number of imidazole rings is 1. The Bertz CT molecular complexity index is 863. The van der Waals surface area contributed by atoms with E-state index >= 15 is 0 Å². The van der Waals surface area contributed by atoms with Crippen LogP contribution in [0.25, 0.3) is 16.2 Å². The Hall–Kier alpha value is -1.72. The number of aromatic nitrogens is 3. The van der Waals surface area contributed by atoms with Crippen molar-refractivity contribution in [2.24, 2.45) is 0 Å². The molecule has 1 N–H and O–H groups in total. The highest BCUT2D eigenvalue weighted by molar-refractivity contribution is 7.16. The molecule has 0 saturated heterocycles. The number of hydrogen-bond acceptors (Lipinski definition) is 4. The molecule has 0 spiro atoms. The molecule has 1 aromatic carbocycles. The molecule has 0 aliphatic heterocycles. The highest BCUT2D eigenvalue weighted by atomic mass is 32.1. The zero-order chi connectivity index (χ0) is 16.0. The first-order chi connectivity index (χ1) is 11.2. The summed E-state index contributed by atoms with van der Waals surface area (Å²) in [7, 11) is 0. The molecule has 0 radical (unpaired) electrons. The molecule has 2 heterocycles. The predicted molar refractivity (Wildman–Crippen MR) is 93.0 cm³/mol. The maximum Gasteiger partial charge on any atom is 0.213 e. The lowest BCUT2D eigenvalue weighted by molar-refractivity contribution is 0.275. The molecule has 4 nitrogen and oxygen atoms in total. The third-order valence-electron chi connectivity index (χ3n) is 4.58. The van der Waals surface area contributed by atoms with Gasteiger partial charge in [0.2, 0.25) is 4.96 Å². The van der Waals surface area contributed by atoms with Crippen molar-refractivity contribution >= 4 is 16.3 Å². The minimum atomic E-state index is -0.0468. The molecule has 0 atom stereocenters. The molecule has 0 unspecified atom stereocenters. The van der Waals surface area contributed by atoms with Gasteiger partial charge in [-0.1, -0.05) is 37.3 Å². The second-order valence-corrected chi connectivity index (χ2v) is 7.53. The molecule has 0 bridgehead atoms. The fourth-order valence-corrected chi connectivity index (χ4v) is 4.21. The summed E-state index contributed by atoms with van der Waals surface area (Å²) in [4.78, 5) is 5.63. The first kappa shape index (κ1) is 14.8. The van der Waals surface area contributed by atoms with E-state index in [1.807, 2.05) is 4.52 Å². The summed E-state index contributed by atoms with van der Waals surface area (Å²) in [5.74, 6) is 0.375. The molecule has 3 aromatic rings. The van der Waals surface area contributed by atoms with Crippen molar-refractivity contribution < 1.29 is 5.11 Å². The lowest BCUT2D eigenvalue weighted by atomic mass is 9.90. The summed E-state index contributed by atoms with van der Waals surface area (Å²) in [5, 5.41) is 15.5. The molecule has 0 fully saturated rings. The summed E-state index contributed by atoms with van der Waals surface area (Å²) >= 11 is 1.61. The van der Waals surface area contributed by atoms with Crippen LogP contribution in [0.3, 0.4) is 0 Å². The van der Waals surface area contributed by atoms with Gasteiger partial charge in [0.25, 0.3) is 0 Å². The van der Waals surface area contributed by atoms with Crippen molar-refractivity contribution in [2.45, 2.75) is 52.1 Å². The van der Waals surface area contributed by atoms with E-state index in [1.165, 1.54) is 30.4 Å². The van der Waals surface area contributed by atoms with Crippen LogP contribution in [0.15, 0.2) is 18.2 Å². The Labute approximate surface area is 139 Å². The molecule has 1 aliphatic carbocycles. The number of benzene rings is 1. The second-order valence-electron chi connectivity index (χ2n) is 6.55. The Morgan fingerprint density at radius 1 is 1.22 bits per heavy atom. The van der Waals surface area contributed by atoms with Gasteiger partial charge in [-0.2, -0.15) is 5.10 Å². The number of nitrogens with zero attached hydrogens (tertiary/aromatic N) is 3. The van der Waals surface area contributed by atoms with Gasteiger partial charge in [0.1, 0.15) is 5.01 Å². The van der Waals surface area contributed by atoms with E-state index in [2.05, 4.69) is 37.1 Å². The third kappa shape index (κ3) is 2.48. The van der Waals surface area contributed by atoms with Gasteiger partial charge in [0, 0.05) is 11.5 Å². The van der Waals surface area contributed by atoms with E-state index < -0.39 is 0 Å². The van der Waals surface area contributed by atoms with Crippen LogP contribution < -0.4 is 0 Å². The fraction of sp³-hybridized carbons (Fsp3) is 0.444. The molecule has 4 rings (SSSR count). The lowest BCUT2D eigenvalue weighted by Crippen LogP contribution is -2.03. The van der Waals surface area contributed by atoms with Crippen molar-refractivity contribution in [1.29, 1.82) is 0 Å². The van der Waals surface area contributed by atoms with Gasteiger partial charge in [-0.3, -0.25) is 0 Å². The standard InChI is InChI=1S/C18H21N3OS/c1-11(2)17-20-21-15(10-22)16(19-18(21)23-17)14-8-7-12-5-3-4-6-13(12)9-14/h7-9,11,22H,3-6,10H2,1-2H3. The van der Waals surface area contributed by atoms with Gasteiger partial charge in [-0.05, 0) is 42.9 Å². The average Bonchev–Trinajstić information content (AvgIpc) is 3.11. The van der Waals surface area contributed by atoms with Crippen LogP contribution in [0.2, 0.25) is 0 Å². The monoisotopic (exact) mass is 327 g/mol. The number of fused-ring (bicyclic) bond motifs is 2. The highest BCUT2D eigenvalue weighted by Gasteiger charge is 2.19. The highest BCUT2D eigenvalue weighted by Crippen LogP contribution is 2.32. The molecule has 5 heteroatoms. The van der Waals surface area contributed by atoms with E-state index in [0.29, 0.717) is 5.92 Å². The first-order valence-electron chi connectivity index (χ1n) is 8.28. The maximum atomic E-state index is 9.86. The van der Waals surface area contributed by atoms with Crippen LogP contribution >= 0.6 is 11.3 Å². The van der Waals surface area contributed by atoms with E-state index in [9.17, 15) is 5.11 Å². The van der Waals surface area contributed by atoms with Crippen LogP contribution in [0.4, 0.5) is 0 Å². The van der Waals surface area contributed by atoms with Gasteiger partial charge in [-0.15, -0.1) is 0 Å². The van der Waals surface area contributed by atoms with Gasteiger partial charge in [0.05, 0.1) is 18.0 Å². The number of rotatable bonds is 3. The summed E-state index contributed by atoms with van der Waals surface area (Å²) in [6.07, 6.45) is 4.88. The third-order valence-corrected chi connectivity index (χ3v) is 5.79. The predicted octanol–water partition coefficient (Wildman–Crippen LogP) is 3.95. The van der Waals surface area contributed by atoms with Crippen LogP contribution in [0, 0.1) is 0 Å². The fourth-order valence-electron chi connectivity index (χ4n) is 3.29. The molecule has 2 aromatic heterocycles. The van der Waals surface area contributed by atoms with E-state index in [4.69, 9.17) is 4.98 Å². The SMILES string of the molecule is CC(C)c1nn2c(CO)c(-c3ccc4c(c3)CCCC4)nc2s1. The van der Waals surface area contributed by atoms with Crippen LogP contribution in [0.5, 0.6) is 0 Å². The molecule has 120 valence electrons. The van der Waals surface area contributed by atoms with E-state index in [-0.39, 0.29) is 6.61 Å². The topological polar surface area (TPSA) is 50.4 Å². The van der Waals surface area contributed by atoms with Crippen LogP contribution in [-0.4, -0.2) is 19.7 Å². The van der Waals surface area contributed by atoms with Crippen molar-refractivity contribution in [1.82, 2.24) is 14.6 Å². The molecule has 23 heavy (non-hydrogen) atoms. The minimum absolute atomic E-state index is 0.0468. The molecule has 1 aliphatic rings. The number of aliphatic hydroxyl groups excluding tert-OH is 1. The maximum absolute atomic E-state index is 9.86. The zero-order valence-corrected chi connectivity index (χ0v) is 14.4. The summed E-state index contributed by atoms with van der Waals surface area (Å²) in [6.45, 7) is 4.21. The van der Waals surface area contributed by atoms with E-state index in [0.717, 1.165) is 33.3 Å². The lowest BCUT2D eigenvalue weighted by Gasteiger charge is -2.16. The first-order valence-corrected chi connectivity index (χ1v) is 9.10. The normalized spacial score (nSPS) is 14.6. The van der Waals surface area contributed by atoms with Gasteiger partial charge < -0.3 is 5.11 Å². The molecule has 0 amide bonds. The molecule has 0 saturated carbocycles. The summed E-state index contributed by atoms with van der Waals surface area (Å²) in [5.41, 5.74) is 5.66. The van der Waals surface area contributed by atoms with Gasteiger partial charge >= 0.3 is 0 Å². The van der Waals surface area contributed by atoms with Crippen molar-refractivity contribution in [3.63, 3.8) is 0 Å². The van der Waals surface area contributed by atoms with Gasteiger partial charge in [0.15, 0.2) is 0 Å². The number of aliphatic hydroxyl groups is 1. The van der Waals surface area contributed by atoms with Crippen LogP contribution in [0.1, 0.15) is 54.4 Å². The molecular weight excluding hydrogens is 306 g/mol. The Morgan fingerprint density at radius 2 is 2.00 bits per heavy atom. The van der Waals surface area contributed by atoms with Crippen molar-refractivity contribution in [3.05, 3.63) is 40.0 Å². The van der Waals surface area contributed by atoms with Crippen molar-refractivity contribution in [2.75, 3.05) is 0 Å². The van der Waals surface area contributed by atoms with Gasteiger partial charge in [-0.25, -0.2) is 9.50 Å². The molecular formula is C18H21N3OS. The van der Waals surface area contributed by atoms with E-state index in [1.54, 1.807) is 11.3 Å². The van der Waals surface area contributed by atoms with Crippen molar-refractivity contribution in [3.8, 4) is 11.3 Å².